The average Bonchev–Trinajstić information content (AvgIpc) is 3.35. The molecule has 0 aliphatic carbocycles. The van der Waals surface area contributed by atoms with Crippen molar-refractivity contribution in [2.24, 2.45) is 0 Å². The van der Waals surface area contributed by atoms with Gasteiger partial charge in [0, 0.05) is 31.1 Å². The van der Waals surface area contributed by atoms with Gasteiger partial charge in [-0.05, 0) is 48.7 Å². The molecule has 4 nitrogen and oxygen atoms in total. The van der Waals surface area contributed by atoms with Crippen molar-refractivity contribution < 1.29 is 9.18 Å². The summed E-state index contributed by atoms with van der Waals surface area (Å²) in [6, 6.07) is 24.9. The van der Waals surface area contributed by atoms with Gasteiger partial charge in [0.05, 0.1) is 11.0 Å². The molecule has 5 rings (SSSR count). The van der Waals surface area contributed by atoms with Crippen molar-refractivity contribution in [1.82, 2.24) is 9.55 Å². The Hall–Kier alpha value is -3.47. The third-order valence-electron chi connectivity index (χ3n) is 5.98. The lowest BCUT2D eigenvalue weighted by Crippen LogP contribution is -2.24. The number of carbonyl (C=O) groups is 1. The van der Waals surface area contributed by atoms with E-state index >= 15 is 0 Å². The van der Waals surface area contributed by atoms with Crippen molar-refractivity contribution in [3.8, 4) is 0 Å². The lowest BCUT2D eigenvalue weighted by molar-refractivity contribution is -0.117. The van der Waals surface area contributed by atoms with E-state index in [9.17, 15) is 9.18 Å². The third-order valence-corrected chi connectivity index (χ3v) is 5.98. The van der Waals surface area contributed by atoms with E-state index in [-0.39, 0.29) is 17.6 Å². The Labute approximate surface area is 181 Å². The Morgan fingerprint density at radius 1 is 0.968 bits per heavy atom. The number of halogens is 1. The van der Waals surface area contributed by atoms with Crippen LogP contribution in [0.4, 0.5) is 10.1 Å². The van der Waals surface area contributed by atoms with E-state index in [0.29, 0.717) is 18.7 Å². The van der Waals surface area contributed by atoms with Gasteiger partial charge in [0.25, 0.3) is 0 Å². The first kappa shape index (κ1) is 19.5. The number of hydrogen-bond acceptors (Lipinski definition) is 2. The maximum Gasteiger partial charge on any atom is 0.227 e. The van der Waals surface area contributed by atoms with Gasteiger partial charge < -0.3 is 9.47 Å². The topological polar surface area (TPSA) is 38.1 Å². The summed E-state index contributed by atoms with van der Waals surface area (Å²) in [6.45, 7) is 1.36. The molecule has 0 radical (unpaired) electrons. The molecule has 1 atom stereocenters. The fraction of sp³-hybridized carbons (Fsp3) is 0.231. The predicted molar refractivity (Wildman–Crippen MR) is 121 cm³/mol. The molecule has 1 saturated heterocycles. The maximum atomic E-state index is 13.7. The summed E-state index contributed by atoms with van der Waals surface area (Å²) in [5.41, 5.74) is 3.98. The smallest absolute Gasteiger partial charge is 0.227 e. The molecule has 0 saturated carbocycles. The summed E-state index contributed by atoms with van der Waals surface area (Å²) in [4.78, 5) is 19.4. The Kier molecular flexibility index (Phi) is 5.24. The van der Waals surface area contributed by atoms with Gasteiger partial charge in [-0.2, -0.15) is 0 Å². The molecular weight excluding hydrogens is 389 g/mol. The van der Waals surface area contributed by atoms with Crippen LogP contribution in [0.3, 0.4) is 0 Å². The predicted octanol–water partition coefficient (Wildman–Crippen LogP) is 5.33. The molecule has 5 heteroatoms. The number of aromatic nitrogens is 2. The molecule has 1 aliphatic rings. The summed E-state index contributed by atoms with van der Waals surface area (Å²) in [7, 11) is 0. The van der Waals surface area contributed by atoms with E-state index in [1.807, 2.05) is 24.3 Å². The molecule has 1 amide bonds. The SMILES string of the molecule is O=C1CC(c2nc3ccccc3n2CCCc2ccccc2)CN1c1cccc(F)c1. The zero-order chi connectivity index (χ0) is 21.2. The third kappa shape index (κ3) is 3.96. The molecule has 3 aromatic carbocycles. The molecule has 0 bridgehead atoms. The zero-order valence-electron chi connectivity index (χ0n) is 17.2. The Balaban J connectivity index is 1.41. The Morgan fingerprint density at radius 3 is 2.61 bits per heavy atom. The highest BCUT2D eigenvalue weighted by molar-refractivity contribution is 5.96. The van der Waals surface area contributed by atoms with Gasteiger partial charge in [0.1, 0.15) is 11.6 Å². The van der Waals surface area contributed by atoms with Crippen LogP contribution in [0.1, 0.15) is 30.1 Å². The first-order chi connectivity index (χ1) is 15.2. The number of anilines is 1. The number of fused-ring (bicyclic) bond motifs is 1. The summed E-state index contributed by atoms with van der Waals surface area (Å²) in [5.74, 6) is 0.613. The molecule has 0 N–H and O–H groups in total. The van der Waals surface area contributed by atoms with E-state index in [1.165, 1.54) is 17.7 Å². The van der Waals surface area contributed by atoms with Gasteiger partial charge in [0.2, 0.25) is 5.91 Å². The van der Waals surface area contributed by atoms with E-state index in [0.717, 1.165) is 36.2 Å². The Morgan fingerprint density at radius 2 is 1.77 bits per heavy atom. The summed E-state index contributed by atoms with van der Waals surface area (Å²) in [6.07, 6.45) is 2.37. The quantitative estimate of drug-likeness (QED) is 0.429. The van der Waals surface area contributed by atoms with Crippen molar-refractivity contribution >= 4 is 22.6 Å². The fourth-order valence-electron chi connectivity index (χ4n) is 4.50. The molecule has 1 aromatic heterocycles. The summed E-state index contributed by atoms with van der Waals surface area (Å²) < 4.78 is 16.0. The first-order valence-electron chi connectivity index (χ1n) is 10.7. The minimum atomic E-state index is -0.332. The van der Waals surface area contributed by atoms with Gasteiger partial charge in [0.15, 0.2) is 0 Å². The van der Waals surface area contributed by atoms with Crippen LogP contribution in [0.2, 0.25) is 0 Å². The number of carbonyl (C=O) groups excluding carboxylic acids is 1. The Bertz CT molecular complexity index is 1220. The molecule has 1 unspecified atom stereocenters. The van der Waals surface area contributed by atoms with Crippen LogP contribution in [0.5, 0.6) is 0 Å². The highest BCUT2D eigenvalue weighted by atomic mass is 19.1. The summed E-state index contributed by atoms with van der Waals surface area (Å²) in [5, 5.41) is 0. The molecule has 1 aliphatic heterocycles. The van der Waals surface area contributed by atoms with Gasteiger partial charge in [-0.25, -0.2) is 9.37 Å². The standard InChI is InChI=1S/C26H24FN3O/c27-21-11-6-12-22(17-21)30-18-20(16-25(30)31)26-28-23-13-4-5-14-24(23)29(26)15-7-10-19-8-2-1-3-9-19/h1-6,8-9,11-14,17,20H,7,10,15-16,18H2. The van der Waals surface area contributed by atoms with Crippen LogP contribution >= 0.6 is 0 Å². The second-order valence-corrected chi connectivity index (χ2v) is 8.08. The van der Waals surface area contributed by atoms with Crippen LogP contribution in [-0.4, -0.2) is 22.0 Å². The van der Waals surface area contributed by atoms with E-state index < -0.39 is 0 Å². The molecule has 1 fully saturated rings. The largest absolute Gasteiger partial charge is 0.328 e. The minimum absolute atomic E-state index is 0.0125. The fourth-order valence-corrected chi connectivity index (χ4v) is 4.50. The van der Waals surface area contributed by atoms with Crippen LogP contribution in [0.15, 0.2) is 78.9 Å². The lowest BCUT2D eigenvalue weighted by atomic mass is 10.1. The second-order valence-electron chi connectivity index (χ2n) is 8.08. The first-order valence-corrected chi connectivity index (χ1v) is 10.7. The van der Waals surface area contributed by atoms with Crippen molar-refractivity contribution in [3.63, 3.8) is 0 Å². The zero-order valence-corrected chi connectivity index (χ0v) is 17.2. The molecule has 4 aromatic rings. The van der Waals surface area contributed by atoms with Crippen molar-refractivity contribution in [1.29, 1.82) is 0 Å². The number of para-hydroxylation sites is 2. The van der Waals surface area contributed by atoms with E-state index in [2.05, 4.69) is 34.9 Å². The number of nitrogens with zero attached hydrogens (tertiary/aromatic N) is 3. The normalized spacial score (nSPS) is 16.4. The second kappa shape index (κ2) is 8.34. The number of imidazole rings is 1. The molecule has 0 spiro atoms. The van der Waals surface area contributed by atoms with Gasteiger partial charge in [-0.3, -0.25) is 4.79 Å². The van der Waals surface area contributed by atoms with E-state index in [1.54, 1.807) is 17.0 Å². The lowest BCUT2D eigenvalue weighted by Gasteiger charge is -2.17. The highest BCUT2D eigenvalue weighted by Gasteiger charge is 2.34. The number of hydrogen-bond donors (Lipinski definition) is 0. The van der Waals surface area contributed by atoms with E-state index in [4.69, 9.17) is 4.98 Å². The van der Waals surface area contributed by atoms with Crippen LogP contribution in [0, 0.1) is 5.82 Å². The minimum Gasteiger partial charge on any atom is -0.328 e. The van der Waals surface area contributed by atoms with Gasteiger partial charge in [-0.1, -0.05) is 48.5 Å². The number of amides is 1. The molecular formula is C26H24FN3O. The van der Waals surface area contributed by atoms with Crippen LogP contribution in [-0.2, 0) is 17.8 Å². The number of aryl methyl sites for hydroxylation is 2. The molecule has 31 heavy (non-hydrogen) atoms. The number of benzene rings is 3. The van der Waals surface area contributed by atoms with Crippen molar-refractivity contribution in [2.75, 3.05) is 11.4 Å². The van der Waals surface area contributed by atoms with Crippen molar-refractivity contribution in [3.05, 3.63) is 96.1 Å². The van der Waals surface area contributed by atoms with Gasteiger partial charge >= 0.3 is 0 Å². The van der Waals surface area contributed by atoms with Crippen molar-refractivity contribution in [2.45, 2.75) is 31.7 Å². The average molecular weight is 413 g/mol. The summed E-state index contributed by atoms with van der Waals surface area (Å²) >= 11 is 0. The maximum absolute atomic E-state index is 13.7. The van der Waals surface area contributed by atoms with Gasteiger partial charge in [-0.15, -0.1) is 0 Å². The molecule has 156 valence electrons. The molecule has 2 heterocycles. The monoisotopic (exact) mass is 413 g/mol. The van der Waals surface area contributed by atoms with Crippen LogP contribution in [0.25, 0.3) is 11.0 Å². The highest BCUT2D eigenvalue weighted by Crippen LogP contribution is 2.33. The number of rotatable bonds is 6. The van der Waals surface area contributed by atoms with Crippen LogP contribution < -0.4 is 4.90 Å².